The molecule has 0 saturated carbocycles. The number of carbonyl (C=O) groups excluding carboxylic acids is 1. The Bertz CT molecular complexity index is 845. The van der Waals surface area contributed by atoms with Gasteiger partial charge >= 0.3 is 35.7 Å². The van der Waals surface area contributed by atoms with E-state index in [1.54, 1.807) is 24.4 Å². The number of pyridine rings is 1. The Balaban J connectivity index is 0.00000210. The van der Waals surface area contributed by atoms with Crippen molar-refractivity contribution in [2.24, 2.45) is 0 Å². The summed E-state index contributed by atoms with van der Waals surface area (Å²) < 4.78 is 27.6. The predicted octanol–water partition coefficient (Wildman–Crippen LogP) is 0.0187. The molecule has 0 spiro atoms. The monoisotopic (exact) mass is 399 g/mol. The second kappa shape index (κ2) is 9.95. The second-order valence-corrected chi connectivity index (χ2v) is 6.41. The van der Waals surface area contributed by atoms with Gasteiger partial charge in [0.15, 0.2) is 11.6 Å². The van der Waals surface area contributed by atoms with Crippen LogP contribution in [0.15, 0.2) is 42.6 Å². The fourth-order valence-corrected chi connectivity index (χ4v) is 3.31. The van der Waals surface area contributed by atoms with Gasteiger partial charge in [0, 0.05) is 18.7 Å². The molecule has 144 valence electrons. The summed E-state index contributed by atoms with van der Waals surface area (Å²) in [6.45, 7) is 0.0833. The second-order valence-electron chi connectivity index (χ2n) is 6.41. The fourth-order valence-electron chi connectivity index (χ4n) is 3.31. The number of nitrogens with zero attached hydrogens (tertiary/aromatic N) is 2. The molecule has 3 rings (SSSR count). The van der Waals surface area contributed by atoms with Crippen molar-refractivity contribution in [3.05, 3.63) is 65.5 Å². The van der Waals surface area contributed by atoms with Crippen LogP contribution in [0.3, 0.4) is 0 Å². The Kier molecular flexibility index (Phi) is 7.91. The molecule has 0 radical (unpaired) electrons. The van der Waals surface area contributed by atoms with Crippen LogP contribution >= 0.6 is 0 Å². The zero-order valence-corrected chi connectivity index (χ0v) is 17.4. The number of aromatic nitrogens is 1. The van der Waals surface area contributed by atoms with Crippen LogP contribution in [0.25, 0.3) is 0 Å². The molecule has 2 aromatic rings. The molecule has 2 heterocycles. The average molecular weight is 399 g/mol. The molecule has 1 aliphatic heterocycles. The first kappa shape index (κ1) is 22.3. The molecule has 1 aromatic carbocycles. The first-order valence-electron chi connectivity index (χ1n) is 8.58. The van der Waals surface area contributed by atoms with E-state index >= 15 is 0 Å². The molecule has 0 bridgehead atoms. The molecular weight excluding hydrogens is 379 g/mol. The number of carboxylic acid groups (broad SMARTS) is 1. The topological polar surface area (TPSA) is 82.5 Å². The van der Waals surface area contributed by atoms with Gasteiger partial charge in [-0.25, -0.2) is 13.6 Å². The largest absolute Gasteiger partial charge is 1.00 e. The van der Waals surface area contributed by atoms with Gasteiger partial charge in [-0.05, 0) is 36.6 Å². The van der Waals surface area contributed by atoms with Crippen LogP contribution in [0.1, 0.15) is 31.4 Å². The molecule has 2 N–H and O–H groups in total. The van der Waals surface area contributed by atoms with Gasteiger partial charge < -0.3 is 11.8 Å². The molecular formula is C19H20F2N3NaO3. The van der Waals surface area contributed by atoms with E-state index in [0.717, 1.165) is 11.0 Å². The van der Waals surface area contributed by atoms with Crippen molar-refractivity contribution in [1.29, 1.82) is 0 Å². The van der Waals surface area contributed by atoms with E-state index in [1.165, 1.54) is 12.1 Å². The Hall–Kier alpha value is -2.03. The fraction of sp³-hybridized carbons (Fsp3) is 0.316. The summed E-state index contributed by atoms with van der Waals surface area (Å²) in [7, 11) is 0. The standard InChI is InChI=1S/C19H19F2N3O3.Na.H/c20-15-6-3-5-14(17(15)21)12-7-8-16(18(25)23-10-12)24(19(26)27)11-13-4-1-2-9-22-13;;/h1-6,9,12,16H,7-8,10-11H2,(H,23,25)(H,26,27);;/q;+1;-1/t12-,16-;;/m1../s1. The van der Waals surface area contributed by atoms with E-state index in [0.29, 0.717) is 12.1 Å². The molecule has 28 heavy (non-hydrogen) atoms. The molecule has 0 aliphatic carbocycles. The SMILES string of the molecule is O=C1NC[C@H](c2cccc(F)c2F)CC[C@H]1N(Cc1ccccn1)C(=O)O.[H-].[Na+]. The number of rotatable bonds is 4. The number of halogens is 2. The Morgan fingerprint density at radius 2 is 2.04 bits per heavy atom. The molecule has 2 atom stereocenters. The van der Waals surface area contributed by atoms with E-state index in [-0.39, 0.29) is 56.1 Å². The number of benzene rings is 1. The van der Waals surface area contributed by atoms with Gasteiger partial charge in [0.2, 0.25) is 5.91 Å². The summed E-state index contributed by atoms with van der Waals surface area (Å²) in [4.78, 5) is 29.3. The van der Waals surface area contributed by atoms with E-state index in [4.69, 9.17) is 0 Å². The summed E-state index contributed by atoms with van der Waals surface area (Å²) in [5.41, 5.74) is 0.701. The van der Waals surface area contributed by atoms with E-state index < -0.39 is 35.6 Å². The van der Waals surface area contributed by atoms with Crippen LogP contribution in [0.2, 0.25) is 0 Å². The minimum absolute atomic E-state index is 0. The molecule has 1 aromatic heterocycles. The van der Waals surface area contributed by atoms with Crippen molar-refractivity contribution in [1.82, 2.24) is 15.2 Å². The normalized spacial score (nSPS) is 19.1. The molecule has 1 aliphatic rings. The Morgan fingerprint density at radius 3 is 2.71 bits per heavy atom. The van der Waals surface area contributed by atoms with Crippen molar-refractivity contribution in [3.63, 3.8) is 0 Å². The van der Waals surface area contributed by atoms with Crippen molar-refractivity contribution < 1.29 is 54.5 Å². The van der Waals surface area contributed by atoms with Crippen molar-refractivity contribution in [3.8, 4) is 0 Å². The zero-order valence-electron chi connectivity index (χ0n) is 16.4. The molecule has 1 saturated heterocycles. The third-order valence-corrected chi connectivity index (χ3v) is 4.72. The van der Waals surface area contributed by atoms with Gasteiger partial charge in [-0.1, -0.05) is 18.2 Å². The van der Waals surface area contributed by atoms with E-state index in [2.05, 4.69) is 10.3 Å². The first-order valence-corrected chi connectivity index (χ1v) is 8.58. The van der Waals surface area contributed by atoms with Gasteiger partial charge in [0.05, 0.1) is 12.2 Å². The van der Waals surface area contributed by atoms with Gasteiger partial charge in [-0.15, -0.1) is 0 Å². The van der Waals surface area contributed by atoms with Gasteiger partial charge in [-0.3, -0.25) is 14.7 Å². The average Bonchev–Trinajstić information content (AvgIpc) is 2.84. The van der Waals surface area contributed by atoms with Crippen LogP contribution in [0, 0.1) is 11.6 Å². The summed E-state index contributed by atoms with van der Waals surface area (Å²) in [6.07, 6.45) is 0.850. The number of amides is 2. The van der Waals surface area contributed by atoms with Crippen LogP contribution < -0.4 is 34.9 Å². The Labute approximate surface area is 184 Å². The quantitative estimate of drug-likeness (QED) is 0.711. The van der Waals surface area contributed by atoms with Gasteiger partial charge in [0.25, 0.3) is 0 Å². The van der Waals surface area contributed by atoms with Crippen molar-refractivity contribution >= 4 is 12.0 Å². The maximum atomic E-state index is 14.1. The predicted molar refractivity (Wildman–Crippen MR) is 94.0 cm³/mol. The maximum absolute atomic E-state index is 14.1. The molecule has 6 nitrogen and oxygen atoms in total. The van der Waals surface area contributed by atoms with Gasteiger partial charge in [-0.2, -0.15) is 0 Å². The molecule has 0 unspecified atom stereocenters. The first-order chi connectivity index (χ1) is 13.0. The summed E-state index contributed by atoms with van der Waals surface area (Å²) in [6, 6.07) is 8.14. The number of carbonyl (C=O) groups is 2. The molecule has 9 heteroatoms. The summed E-state index contributed by atoms with van der Waals surface area (Å²) in [5, 5.41) is 12.2. The van der Waals surface area contributed by atoms with Crippen LogP contribution in [0.5, 0.6) is 0 Å². The zero-order chi connectivity index (χ0) is 19.4. The number of nitrogens with one attached hydrogen (secondary N) is 1. The van der Waals surface area contributed by atoms with E-state index in [1.807, 2.05) is 0 Å². The smallest absolute Gasteiger partial charge is 1.00 e. The van der Waals surface area contributed by atoms with Crippen LogP contribution in [-0.2, 0) is 11.3 Å². The number of hydrogen-bond acceptors (Lipinski definition) is 3. The minimum Gasteiger partial charge on any atom is -1.00 e. The summed E-state index contributed by atoms with van der Waals surface area (Å²) in [5.74, 6) is -2.76. The molecule has 2 amide bonds. The minimum atomic E-state index is -1.24. The van der Waals surface area contributed by atoms with Crippen LogP contribution in [-0.4, -0.2) is 39.6 Å². The maximum Gasteiger partial charge on any atom is 1.00 e. The van der Waals surface area contributed by atoms with Crippen LogP contribution in [0.4, 0.5) is 13.6 Å². The third-order valence-electron chi connectivity index (χ3n) is 4.72. The van der Waals surface area contributed by atoms with Crippen molar-refractivity contribution in [2.45, 2.75) is 31.3 Å². The third kappa shape index (κ3) is 5.06. The van der Waals surface area contributed by atoms with Gasteiger partial charge in [0.1, 0.15) is 6.04 Å². The number of hydrogen-bond donors (Lipinski definition) is 2. The Morgan fingerprint density at radius 1 is 1.25 bits per heavy atom. The van der Waals surface area contributed by atoms with Crippen molar-refractivity contribution in [2.75, 3.05) is 6.54 Å². The summed E-state index contributed by atoms with van der Waals surface area (Å²) >= 11 is 0. The molecule has 1 fully saturated rings. The van der Waals surface area contributed by atoms with E-state index in [9.17, 15) is 23.5 Å².